The Hall–Kier alpha value is -0.540. The van der Waals surface area contributed by atoms with Crippen LogP contribution in [0.2, 0.25) is 0 Å². The molecule has 2 nitrogen and oxygen atoms in total. The van der Waals surface area contributed by atoms with Crippen molar-refractivity contribution in [3.05, 3.63) is 28.2 Å². The van der Waals surface area contributed by atoms with Crippen molar-refractivity contribution >= 4 is 15.9 Å². The molecule has 1 aromatic rings. The van der Waals surface area contributed by atoms with Crippen molar-refractivity contribution in [2.24, 2.45) is 5.92 Å². The van der Waals surface area contributed by atoms with Crippen LogP contribution in [0.5, 0.6) is 5.75 Å². The van der Waals surface area contributed by atoms with E-state index in [9.17, 15) is 5.11 Å². The van der Waals surface area contributed by atoms with Crippen molar-refractivity contribution in [2.45, 2.75) is 25.8 Å². The fraction of sp³-hybridized carbons (Fsp3) is 0.500. The second-order valence-corrected chi connectivity index (χ2v) is 5.05. The molecule has 0 radical (unpaired) electrons. The van der Waals surface area contributed by atoms with Gasteiger partial charge in [0.2, 0.25) is 0 Å². The van der Waals surface area contributed by atoms with Gasteiger partial charge in [0.05, 0.1) is 4.47 Å². The monoisotopic (exact) mass is 269 g/mol. The predicted molar refractivity (Wildman–Crippen MR) is 64.9 cm³/mol. The van der Waals surface area contributed by atoms with Crippen LogP contribution in [0.3, 0.4) is 0 Å². The number of aromatic hydroxyl groups is 1. The predicted octanol–water partition coefficient (Wildman–Crippen LogP) is 3.04. The topological polar surface area (TPSA) is 32.3 Å². The number of halogens is 1. The zero-order valence-corrected chi connectivity index (χ0v) is 10.3. The molecule has 0 spiro atoms. The number of hydrogen-bond acceptors (Lipinski definition) is 2. The third kappa shape index (κ3) is 3.50. The maximum atomic E-state index is 9.33. The van der Waals surface area contributed by atoms with Gasteiger partial charge in [-0.1, -0.05) is 18.9 Å². The van der Waals surface area contributed by atoms with E-state index in [-0.39, 0.29) is 0 Å². The van der Waals surface area contributed by atoms with E-state index in [4.69, 9.17) is 0 Å². The summed E-state index contributed by atoms with van der Waals surface area (Å²) >= 11 is 3.31. The maximum absolute atomic E-state index is 9.33. The summed E-state index contributed by atoms with van der Waals surface area (Å²) in [6.07, 6.45) is 4.15. The number of phenolic OH excluding ortho intramolecular Hbond substituents is 1. The minimum Gasteiger partial charge on any atom is -0.507 e. The molecule has 15 heavy (non-hydrogen) atoms. The van der Waals surface area contributed by atoms with Crippen molar-refractivity contribution < 1.29 is 5.11 Å². The maximum Gasteiger partial charge on any atom is 0.129 e. The molecule has 1 aliphatic carbocycles. The molecule has 0 unspecified atom stereocenters. The van der Waals surface area contributed by atoms with Gasteiger partial charge in [-0.05, 0) is 52.5 Å². The molecule has 0 atom stereocenters. The molecule has 1 aromatic carbocycles. The first-order chi connectivity index (χ1) is 7.25. The van der Waals surface area contributed by atoms with Crippen molar-refractivity contribution in [3.63, 3.8) is 0 Å². The lowest BCUT2D eigenvalue weighted by Crippen LogP contribution is -2.15. The van der Waals surface area contributed by atoms with Gasteiger partial charge < -0.3 is 10.4 Å². The summed E-state index contributed by atoms with van der Waals surface area (Å²) in [4.78, 5) is 0. The molecule has 1 fully saturated rings. The molecule has 0 aliphatic heterocycles. The Balaban J connectivity index is 1.74. The van der Waals surface area contributed by atoms with Crippen LogP contribution in [0, 0.1) is 5.92 Å². The number of hydrogen-bond donors (Lipinski definition) is 2. The largest absolute Gasteiger partial charge is 0.507 e. The molecule has 0 heterocycles. The molecular weight excluding hydrogens is 254 g/mol. The van der Waals surface area contributed by atoms with Gasteiger partial charge in [0.25, 0.3) is 0 Å². The molecule has 82 valence electrons. The van der Waals surface area contributed by atoms with E-state index >= 15 is 0 Å². The van der Waals surface area contributed by atoms with Crippen LogP contribution >= 0.6 is 15.9 Å². The fourth-order valence-corrected chi connectivity index (χ4v) is 2.03. The Morgan fingerprint density at radius 3 is 2.87 bits per heavy atom. The molecule has 1 aliphatic rings. The summed E-state index contributed by atoms with van der Waals surface area (Å²) in [5, 5.41) is 12.7. The molecule has 2 rings (SSSR count). The van der Waals surface area contributed by atoms with Crippen LogP contribution in [0.4, 0.5) is 0 Å². The number of benzene rings is 1. The van der Waals surface area contributed by atoms with Gasteiger partial charge in [-0.15, -0.1) is 0 Å². The minimum absolute atomic E-state index is 0.303. The minimum atomic E-state index is 0.303. The van der Waals surface area contributed by atoms with Crippen LogP contribution in [0.1, 0.15) is 24.8 Å². The normalized spacial score (nSPS) is 15.5. The van der Waals surface area contributed by atoms with Crippen LogP contribution < -0.4 is 5.32 Å². The van der Waals surface area contributed by atoms with Crippen LogP contribution in [0.15, 0.2) is 22.7 Å². The SMILES string of the molecule is Oc1ccc(CNCCC2CC2)cc1Br. The van der Waals surface area contributed by atoms with Crippen LogP contribution in [-0.2, 0) is 6.54 Å². The summed E-state index contributed by atoms with van der Waals surface area (Å²) in [7, 11) is 0. The Morgan fingerprint density at radius 2 is 2.20 bits per heavy atom. The third-order valence-electron chi connectivity index (χ3n) is 2.77. The van der Waals surface area contributed by atoms with E-state index in [1.807, 2.05) is 12.1 Å². The second-order valence-electron chi connectivity index (χ2n) is 4.19. The van der Waals surface area contributed by atoms with Gasteiger partial charge in [-0.3, -0.25) is 0 Å². The van der Waals surface area contributed by atoms with Gasteiger partial charge in [0.15, 0.2) is 0 Å². The molecule has 2 N–H and O–H groups in total. The third-order valence-corrected chi connectivity index (χ3v) is 3.40. The molecule has 1 saturated carbocycles. The first kappa shape index (κ1) is 11.0. The van der Waals surface area contributed by atoms with Crippen molar-refractivity contribution in [1.82, 2.24) is 5.32 Å². The smallest absolute Gasteiger partial charge is 0.129 e. The molecule has 0 bridgehead atoms. The standard InChI is InChI=1S/C12H16BrNO/c13-11-7-10(3-4-12(11)15)8-14-6-5-9-1-2-9/h3-4,7,9,14-15H,1-2,5-6,8H2. The van der Waals surface area contributed by atoms with Crippen molar-refractivity contribution in [3.8, 4) is 5.75 Å². The zero-order valence-electron chi connectivity index (χ0n) is 8.67. The summed E-state index contributed by atoms with van der Waals surface area (Å²) < 4.78 is 0.768. The highest BCUT2D eigenvalue weighted by Crippen LogP contribution is 2.31. The highest BCUT2D eigenvalue weighted by molar-refractivity contribution is 9.10. The van der Waals surface area contributed by atoms with Crippen molar-refractivity contribution in [2.75, 3.05) is 6.54 Å². The van der Waals surface area contributed by atoms with E-state index in [1.165, 1.54) is 24.8 Å². The van der Waals surface area contributed by atoms with Gasteiger partial charge >= 0.3 is 0 Å². The lowest BCUT2D eigenvalue weighted by molar-refractivity contribution is 0.471. The zero-order chi connectivity index (χ0) is 10.7. The van der Waals surface area contributed by atoms with Gasteiger partial charge in [-0.25, -0.2) is 0 Å². The van der Waals surface area contributed by atoms with E-state index < -0.39 is 0 Å². The van der Waals surface area contributed by atoms with E-state index in [0.29, 0.717) is 5.75 Å². The highest BCUT2D eigenvalue weighted by Gasteiger charge is 2.19. The molecular formula is C12H16BrNO. The van der Waals surface area contributed by atoms with Crippen LogP contribution in [-0.4, -0.2) is 11.7 Å². The van der Waals surface area contributed by atoms with E-state index in [1.54, 1.807) is 6.07 Å². The van der Waals surface area contributed by atoms with Gasteiger partial charge in [-0.2, -0.15) is 0 Å². The second kappa shape index (κ2) is 4.99. The highest BCUT2D eigenvalue weighted by atomic mass is 79.9. The quantitative estimate of drug-likeness (QED) is 0.806. The lowest BCUT2D eigenvalue weighted by Gasteiger charge is -2.05. The average molecular weight is 270 g/mol. The van der Waals surface area contributed by atoms with Gasteiger partial charge in [0.1, 0.15) is 5.75 Å². The lowest BCUT2D eigenvalue weighted by atomic mass is 10.2. The van der Waals surface area contributed by atoms with Gasteiger partial charge in [0, 0.05) is 6.54 Å². The summed E-state index contributed by atoms with van der Waals surface area (Å²) in [5.74, 6) is 1.29. The number of phenols is 1. The Labute approximate surface area is 98.8 Å². The van der Waals surface area contributed by atoms with Crippen molar-refractivity contribution in [1.29, 1.82) is 0 Å². The fourth-order valence-electron chi connectivity index (χ4n) is 1.61. The first-order valence-electron chi connectivity index (χ1n) is 5.44. The molecule has 0 aromatic heterocycles. The van der Waals surface area contributed by atoms with E-state index in [2.05, 4.69) is 21.2 Å². The molecule has 3 heteroatoms. The van der Waals surface area contributed by atoms with E-state index in [0.717, 1.165) is 23.5 Å². The number of nitrogens with one attached hydrogen (secondary N) is 1. The summed E-state index contributed by atoms with van der Waals surface area (Å²) in [6, 6.07) is 5.63. The molecule has 0 amide bonds. The molecule has 0 saturated heterocycles. The van der Waals surface area contributed by atoms with Crippen LogP contribution in [0.25, 0.3) is 0 Å². The number of rotatable bonds is 5. The summed E-state index contributed by atoms with van der Waals surface area (Å²) in [6.45, 7) is 1.98. The summed E-state index contributed by atoms with van der Waals surface area (Å²) in [5.41, 5.74) is 1.20. The Morgan fingerprint density at radius 1 is 1.40 bits per heavy atom. The first-order valence-corrected chi connectivity index (χ1v) is 6.23. The average Bonchev–Trinajstić information content (AvgIpc) is 3.02. The Bertz CT molecular complexity index is 336. The Kier molecular flexibility index (Phi) is 3.65.